The third-order valence-corrected chi connectivity index (χ3v) is 1.94. The average molecular weight is 264 g/mol. The van der Waals surface area contributed by atoms with Gasteiger partial charge in [-0.15, -0.1) is 0 Å². The van der Waals surface area contributed by atoms with Crippen molar-refractivity contribution in [3.8, 4) is 0 Å². The zero-order chi connectivity index (χ0) is 14.5. The number of amides is 1. The third kappa shape index (κ3) is 6.21. The fraction of sp³-hybridized carbons (Fsp3) is 0.308. The number of ether oxygens (including phenoxy) is 1. The van der Waals surface area contributed by atoms with Crippen LogP contribution in [0.5, 0.6) is 0 Å². The van der Waals surface area contributed by atoms with E-state index in [0.717, 1.165) is 6.20 Å². The van der Waals surface area contributed by atoms with E-state index in [-0.39, 0.29) is 0 Å². The van der Waals surface area contributed by atoms with Crippen LogP contribution in [0.3, 0.4) is 0 Å². The molecule has 1 aromatic rings. The van der Waals surface area contributed by atoms with Gasteiger partial charge in [-0.3, -0.25) is 15.4 Å². The van der Waals surface area contributed by atoms with Crippen LogP contribution in [0.4, 0.5) is 10.5 Å². The van der Waals surface area contributed by atoms with Crippen LogP contribution < -0.4 is 5.32 Å². The number of hydrogen-bond acceptors (Lipinski definition) is 4. The molecule has 0 heterocycles. The van der Waals surface area contributed by atoms with Crippen molar-refractivity contribution in [2.24, 2.45) is 0 Å². The van der Waals surface area contributed by atoms with Crippen LogP contribution in [-0.2, 0) is 4.74 Å². The van der Waals surface area contributed by atoms with Gasteiger partial charge in [-0.1, -0.05) is 12.1 Å². The second-order valence-electron chi connectivity index (χ2n) is 4.85. The summed E-state index contributed by atoms with van der Waals surface area (Å²) in [7, 11) is 0. The number of nitro groups is 1. The highest BCUT2D eigenvalue weighted by Crippen LogP contribution is 2.13. The van der Waals surface area contributed by atoms with Gasteiger partial charge in [-0.05, 0) is 38.5 Å². The molecule has 0 aliphatic carbocycles. The predicted octanol–water partition coefficient (Wildman–Crippen LogP) is 3.28. The summed E-state index contributed by atoms with van der Waals surface area (Å²) in [6, 6.07) is 6.60. The second kappa shape index (κ2) is 5.99. The fourth-order valence-corrected chi connectivity index (χ4v) is 1.25. The predicted molar refractivity (Wildman–Crippen MR) is 72.3 cm³/mol. The van der Waals surface area contributed by atoms with Gasteiger partial charge >= 0.3 is 6.09 Å². The highest BCUT2D eigenvalue weighted by atomic mass is 16.6. The molecule has 0 aromatic heterocycles. The number of carbonyl (C=O) groups excluding carboxylic acids is 1. The quantitative estimate of drug-likeness (QED) is 0.671. The van der Waals surface area contributed by atoms with Crippen molar-refractivity contribution >= 4 is 17.9 Å². The van der Waals surface area contributed by atoms with Crippen molar-refractivity contribution in [1.29, 1.82) is 0 Å². The standard InChI is InChI=1S/C13H16N2O4/c1-13(2,3)19-12(16)14-11-6-4-10(5-7-11)8-9-15(17)18/h4-9H,1-3H3,(H,14,16)/b9-8+. The van der Waals surface area contributed by atoms with Crippen molar-refractivity contribution in [2.75, 3.05) is 5.32 Å². The van der Waals surface area contributed by atoms with Gasteiger partial charge in [0.25, 0.3) is 0 Å². The lowest BCUT2D eigenvalue weighted by molar-refractivity contribution is -0.400. The number of carbonyl (C=O) groups is 1. The van der Waals surface area contributed by atoms with Crippen LogP contribution in [0.2, 0.25) is 0 Å². The molecule has 0 radical (unpaired) electrons. The highest BCUT2D eigenvalue weighted by Gasteiger charge is 2.15. The Hall–Kier alpha value is -2.37. The summed E-state index contributed by atoms with van der Waals surface area (Å²) in [4.78, 5) is 21.1. The van der Waals surface area contributed by atoms with Crippen molar-refractivity contribution in [1.82, 2.24) is 0 Å². The molecular weight excluding hydrogens is 248 g/mol. The molecule has 0 aliphatic heterocycles. The molecule has 0 bridgehead atoms. The summed E-state index contributed by atoms with van der Waals surface area (Å²) in [5.74, 6) is 0. The minimum absolute atomic E-state index is 0.535. The van der Waals surface area contributed by atoms with Crippen LogP contribution >= 0.6 is 0 Å². The topological polar surface area (TPSA) is 81.5 Å². The van der Waals surface area contributed by atoms with Crippen LogP contribution in [0.25, 0.3) is 6.08 Å². The Balaban J connectivity index is 2.62. The van der Waals surface area contributed by atoms with Crippen molar-refractivity contribution in [3.63, 3.8) is 0 Å². The normalized spacial score (nSPS) is 11.3. The zero-order valence-corrected chi connectivity index (χ0v) is 11.0. The maximum absolute atomic E-state index is 11.5. The molecule has 1 rings (SSSR count). The molecule has 6 heteroatoms. The molecule has 0 atom stereocenters. The minimum atomic E-state index is -0.557. The molecule has 19 heavy (non-hydrogen) atoms. The Bertz CT molecular complexity index is 486. The van der Waals surface area contributed by atoms with Gasteiger partial charge in [0.15, 0.2) is 0 Å². The Kier molecular flexibility index (Phi) is 4.63. The van der Waals surface area contributed by atoms with Crippen molar-refractivity contribution in [3.05, 3.63) is 46.1 Å². The highest BCUT2D eigenvalue weighted by molar-refractivity contribution is 5.85. The molecule has 1 amide bonds. The molecule has 0 aliphatic rings. The SMILES string of the molecule is CC(C)(C)OC(=O)Nc1ccc(/C=C/[N+](=O)[O-])cc1. The molecule has 0 spiro atoms. The summed E-state index contributed by atoms with van der Waals surface area (Å²) in [5.41, 5.74) is 0.678. The van der Waals surface area contributed by atoms with Gasteiger partial charge < -0.3 is 4.74 Å². The number of nitrogens with one attached hydrogen (secondary N) is 1. The Morgan fingerprint density at radius 3 is 2.37 bits per heavy atom. The first-order chi connectivity index (χ1) is 8.76. The van der Waals surface area contributed by atoms with E-state index in [9.17, 15) is 14.9 Å². The van der Waals surface area contributed by atoms with E-state index in [1.807, 2.05) is 0 Å². The maximum atomic E-state index is 11.5. The second-order valence-corrected chi connectivity index (χ2v) is 4.85. The summed E-state index contributed by atoms with van der Waals surface area (Å²) in [6.45, 7) is 5.33. The Labute approximate surface area is 111 Å². The smallest absolute Gasteiger partial charge is 0.412 e. The molecule has 0 saturated carbocycles. The van der Waals surface area contributed by atoms with E-state index in [0.29, 0.717) is 11.3 Å². The number of benzene rings is 1. The van der Waals surface area contributed by atoms with Gasteiger partial charge in [0.1, 0.15) is 5.60 Å². The summed E-state index contributed by atoms with van der Waals surface area (Å²) in [6.07, 6.45) is 1.69. The first kappa shape index (κ1) is 14.7. The molecule has 0 fully saturated rings. The molecule has 6 nitrogen and oxygen atoms in total. The lowest BCUT2D eigenvalue weighted by Crippen LogP contribution is -2.27. The Morgan fingerprint density at radius 1 is 1.32 bits per heavy atom. The maximum Gasteiger partial charge on any atom is 0.412 e. The lowest BCUT2D eigenvalue weighted by Gasteiger charge is -2.19. The molecule has 102 valence electrons. The van der Waals surface area contributed by atoms with Crippen LogP contribution in [0.1, 0.15) is 26.3 Å². The molecule has 1 N–H and O–H groups in total. The van der Waals surface area contributed by atoms with E-state index in [1.54, 1.807) is 45.0 Å². The van der Waals surface area contributed by atoms with Gasteiger partial charge in [0, 0.05) is 11.8 Å². The minimum Gasteiger partial charge on any atom is -0.444 e. The lowest BCUT2D eigenvalue weighted by atomic mass is 10.2. The molecule has 1 aromatic carbocycles. The third-order valence-electron chi connectivity index (χ3n) is 1.94. The number of nitrogens with zero attached hydrogens (tertiary/aromatic N) is 1. The van der Waals surface area contributed by atoms with Crippen LogP contribution in [-0.4, -0.2) is 16.6 Å². The number of rotatable bonds is 3. The summed E-state index contributed by atoms with van der Waals surface area (Å²) >= 11 is 0. The van der Waals surface area contributed by atoms with Crippen LogP contribution in [0.15, 0.2) is 30.5 Å². The van der Waals surface area contributed by atoms with E-state index in [1.165, 1.54) is 6.08 Å². The first-order valence-electron chi connectivity index (χ1n) is 5.68. The first-order valence-corrected chi connectivity index (χ1v) is 5.68. The van der Waals surface area contributed by atoms with Crippen molar-refractivity contribution in [2.45, 2.75) is 26.4 Å². The van der Waals surface area contributed by atoms with E-state index < -0.39 is 16.6 Å². The van der Waals surface area contributed by atoms with Gasteiger partial charge in [-0.25, -0.2) is 4.79 Å². The Morgan fingerprint density at radius 2 is 1.89 bits per heavy atom. The van der Waals surface area contributed by atoms with E-state index >= 15 is 0 Å². The van der Waals surface area contributed by atoms with E-state index in [4.69, 9.17) is 4.74 Å². The van der Waals surface area contributed by atoms with Gasteiger partial charge in [-0.2, -0.15) is 0 Å². The zero-order valence-electron chi connectivity index (χ0n) is 11.0. The molecular formula is C13H16N2O4. The summed E-state index contributed by atoms with van der Waals surface area (Å²) < 4.78 is 5.10. The van der Waals surface area contributed by atoms with Crippen LogP contribution in [0, 0.1) is 10.1 Å². The van der Waals surface area contributed by atoms with Crippen molar-refractivity contribution < 1.29 is 14.5 Å². The van der Waals surface area contributed by atoms with Gasteiger partial charge in [0.05, 0.1) is 4.92 Å². The van der Waals surface area contributed by atoms with Gasteiger partial charge in [0.2, 0.25) is 6.20 Å². The summed E-state index contributed by atoms with van der Waals surface area (Å²) in [5, 5.41) is 12.7. The monoisotopic (exact) mass is 264 g/mol. The number of hydrogen-bond donors (Lipinski definition) is 1. The fourth-order valence-electron chi connectivity index (χ4n) is 1.25. The molecule has 0 saturated heterocycles. The van der Waals surface area contributed by atoms with E-state index in [2.05, 4.69) is 5.32 Å². The number of anilines is 1. The largest absolute Gasteiger partial charge is 0.444 e. The molecule has 0 unspecified atom stereocenters. The average Bonchev–Trinajstić information content (AvgIpc) is 2.25.